The Balaban J connectivity index is 1.68. The Hall–Kier alpha value is -1.72. The molecule has 3 nitrogen and oxygen atoms in total. The zero-order chi connectivity index (χ0) is 14.8. The maximum absolute atomic E-state index is 13.0. The molecule has 0 aromatic heterocycles. The summed E-state index contributed by atoms with van der Waals surface area (Å²) < 4.78 is 13.5. The minimum atomic E-state index is -0.371. The number of hydrogen-bond acceptors (Lipinski definition) is 2. The topological polar surface area (TPSA) is 41.1 Å². The highest BCUT2D eigenvalue weighted by Gasteiger charge is 2.12. The lowest BCUT2D eigenvalue weighted by atomic mass is 10.1. The van der Waals surface area contributed by atoms with Crippen LogP contribution in [0, 0.1) is 5.82 Å². The molecule has 1 aliphatic heterocycles. The predicted octanol–water partition coefficient (Wildman–Crippen LogP) is 3.12. The van der Waals surface area contributed by atoms with E-state index in [4.69, 9.17) is 0 Å². The summed E-state index contributed by atoms with van der Waals surface area (Å²) in [4.78, 5) is 12.1. The van der Waals surface area contributed by atoms with Gasteiger partial charge in [-0.15, -0.1) is 0 Å². The van der Waals surface area contributed by atoms with Gasteiger partial charge in [0.1, 0.15) is 5.82 Å². The number of carbonyl (C=O) groups is 1. The summed E-state index contributed by atoms with van der Waals surface area (Å²) in [6.45, 7) is 2.24. The number of rotatable bonds is 3. The summed E-state index contributed by atoms with van der Waals surface area (Å²) in [5, 5.41) is 6.14. The van der Waals surface area contributed by atoms with Crippen LogP contribution in [0.4, 0.5) is 4.39 Å². The highest BCUT2D eigenvalue weighted by molar-refractivity contribution is 9.10. The van der Waals surface area contributed by atoms with Gasteiger partial charge in [0.15, 0.2) is 0 Å². The zero-order valence-corrected chi connectivity index (χ0v) is 12.8. The number of carbonyl (C=O) groups excluding carboxylic acids is 1. The molecule has 5 heteroatoms. The van der Waals surface area contributed by atoms with Gasteiger partial charge in [-0.3, -0.25) is 4.79 Å². The zero-order valence-electron chi connectivity index (χ0n) is 11.2. The monoisotopic (exact) mass is 348 g/mol. The van der Waals surface area contributed by atoms with Crippen LogP contribution in [0.25, 0.3) is 0 Å². The second-order valence-corrected chi connectivity index (χ2v) is 5.87. The van der Waals surface area contributed by atoms with E-state index in [1.807, 2.05) is 6.07 Å². The summed E-state index contributed by atoms with van der Waals surface area (Å²) >= 11 is 3.21. The predicted molar refractivity (Wildman–Crippen MR) is 82.3 cm³/mol. The van der Waals surface area contributed by atoms with Gasteiger partial charge in [-0.2, -0.15) is 0 Å². The van der Waals surface area contributed by atoms with Crippen LogP contribution in [-0.4, -0.2) is 5.91 Å². The van der Waals surface area contributed by atoms with Gasteiger partial charge in [0.25, 0.3) is 5.91 Å². The van der Waals surface area contributed by atoms with Gasteiger partial charge in [0.2, 0.25) is 0 Å². The van der Waals surface area contributed by atoms with Gasteiger partial charge in [0, 0.05) is 24.1 Å². The molecule has 0 aliphatic carbocycles. The Morgan fingerprint density at radius 1 is 1.19 bits per heavy atom. The summed E-state index contributed by atoms with van der Waals surface area (Å²) in [6.07, 6.45) is 0. The van der Waals surface area contributed by atoms with Crippen LogP contribution in [-0.2, 0) is 19.6 Å². The van der Waals surface area contributed by atoms with Crippen molar-refractivity contribution in [3.63, 3.8) is 0 Å². The minimum absolute atomic E-state index is 0.222. The Labute approximate surface area is 130 Å². The lowest BCUT2D eigenvalue weighted by Crippen LogP contribution is -2.23. The molecule has 21 heavy (non-hydrogen) atoms. The summed E-state index contributed by atoms with van der Waals surface area (Å²) in [6, 6.07) is 10.3. The molecular weight excluding hydrogens is 335 g/mol. The Kier molecular flexibility index (Phi) is 4.03. The van der Waals surface area contributed by atoms with Crippen molar-refractivity contribution in [2.24, 2.45) is 0 Å². The fourth-order valence-electron chi connectivity index (χ4n) is 2.41. The van der Waals surface area contributed by atoms with Gasteiger partial charge >= 0.3 is 0 Å². The van der Waals surface area contributed by atoms with E-state index in [2.05, 4.69) is 38.7 Å². The van der Waals surface area contributed by atoms with E-state index in [1.165, 1.54) is 29.3 Å². The largest absolute Gasteiger partial charge is 0.348 e. The Bertz CT molecular complexity index is 703. The fraction of sp³-hybridized carbons (Fsp3) is 0.188. The molecule has 1 aliphatic rings. The first-order valence-corrected chi connectivity index (χ1v) is 7.47. The van der Waals surface area contributed by atoms with Crippen molar-refractivity contribution in [3.8, 4) is 0 Å². The number of amides is 1. The van der Waals surface area contributed by atoms with E-state index in [9.17, 15) is 9.18 Å². The first kappa shape index (κ1) is 14.2. The lowest BCUT2D eigenvalue weighted by molar-refractivity contribution is 0.0950. The van der Waals surface area contributed by atoms with Gasteiger partial charge in [0.05, 0.1) is 5.56 Å². The number of hydrogen-bond donors (Lipinski definition) is 2. The molecule has 0 unspecified atom stereocenters. The molecule has 0 radical (unpaired) electrons. The summed E-state index contributed by atoms with van der Waals surface area (Å²) in [7, 11) is 0. The van der Waals surface area contributed by atoms with Gasteiger partial charge in [-0.05, 0) is 50.8 Å². The fourth-order valence-corrected chi connectivity index (χ4v) is 2.94. The quantitative estimate of drug-likeness (QED) is 0.894. The SMILES string of the molecule is O=C(NCc1ccc2c(c1)CNC2)c1ccc(F)cc1Br. The molecule has 0 bridgehead atoms. The van der Waals surface area contributed by atoms with E-state index in [1.54, 1.807) is 0 Å². The third-order valence-electron chi connectivity index (χ3n) is 3.53. The van der Waals surface area contributed by atoms with Crippen molar-refractivity contribution in [2.75, 3.05) is 0 Å². The van der Waals surface area contributed by atoms with Crippen LogP contribution in [0.2, 0.25) is 0 Å². The van der Waals surface area contributed by atoms with Crippen LogP contribution >= 0.6 is 15.9 Å². The summed E-state index contributed by atoms with van der Waals surface area (Å²) in [5.74, 6) is -0.593. The van der Waals surface area contributed by atoms with Gasteiger partial charge in [-0.1, -0.05) is 18.2 Å². The number of fused-ring (bicyclic) bond motifs is 1. The van der Waals surface area contributed by atoms with Crippen molar-refractivity contribution in [2.45, 2.75) is 19.6 Å². The summed E-state index contributed by atoms with van der Waals surface area (Å²) in [5.41, 5.74) is 4.08. The van der Waals surface area contributed by atoms with E-state index >= 15 is 0 Å². The van der Waals surface area contributed by atoms with Crippen LogP contribution < -0.4 is 10.6 Å². The molecule has 108 valence electrons. The molecule has 0 saturated carbocycles. The van der Waals surface area contributed by atoms with Gasteiger partial charge in [-0.25, -0.2) is 4.39 Å². The number of halogens is 2. The molecule has 3 rings (SSSR count). The smallest absolute Gasteiger partial charge is 0.252 e. The average molecular weight is 349 g/mol. The van der Waals surface area contributed by atoms with E-state index in [0.717, 1.165) is 18.7 Å². The highest BCUT2D eigenvalue weighted by Crippen LogP contribution is 2.19. The first-order chi connectivity index (χ1) is 10.1. The molecule has 0 saturated heterocycles. The van der Waals surface area contributed by atoms with Crippen molar-refractivity contribution in [1.82, 2.24) is 10.6 Å². The Morgan fingerprint density at radius 3 is 2.81 bits per heavy atom. The molecule has 2 N–H and O–H groups in total. The maximum Gasteiger partial charge on any atom is 0.252 e. The maximum atomic E-state index is 13.0. The normalized spacial score (nSPS) is 13.0. The first-order valence-electron chi connectivity index (χ1n) is 6.68. The number of nitrogens with one attached hydrogen (secondary N) is 2. The standard InChI is InChI=1S/C16H14BrFN2O/c17-15-6-13(18)3-4-14(15)16(21)20-7-10-1-2-11-8-19-9-12(11)5-10/h1-6,19H,7-9H2,(H,20,21). The van der Waals surface area contributed by atoms with Gasteiger partial charge < -0.3 is 10.6 Å². The molecule has 2 aromatic rings. The molecule has 1 heterocycles. The highest BCUT2D eigenvalue weighted by atomic mass is 79.9. The van der Waals surface area contributed by atoms with Crippen LogP contribution in [0.1, 0.15) is 27.0 Å². The van der Waals surface area contributed by atoms with E-state index in [-0.39, 0.29) is 11.7 Å². The van der Waals surface area contributed by atoms with Crippen LogP contribution in [0.5, 0.6) is 0 Å². The number of benzene rings is 2. The molecule has 1 amide bonds. The van der Waals surface area contributed by atoms with Crippen molar-refractivity contribution >= 4 is 21.8 Å². The van der Waals surface area contributed by atoms with Crippen LogP contribution in [0.3, 0.4) is 0 Å². The molecule has 0 spiro atoms. The molecule has 2 aromatic carbocycles. The minimum Gasteiger partial charge on any atom is -0.348 e. The Morgan fingerprint density at radius 2 is 2.00 bits per heavy atom. The van der Waals surface area contributed by atoms with Crippen LogP contribution in [0.15, 0.2) is 40.9 Å². The third kappa shape index (κ3) is 3.14. The molecular formula is C16H14BrFN2O. The average Bonchev–Trinajstić information content (AvgIpc) is 2.92. The van der Waals surface area contributed by atoms with E-state index in [0.29, 0.717) is 16.6 Å². The van der Waals surface area contributed by atoms with Crippen molar-refractivity contribution < 1.29 is 9.18 Å². The molecule has 0 fully saturated rings. The van der Waals surface area contributed by atoms with E-state index < -0.39 is 0 Å². The second kappa shape index (κ2) is 5.95. The second-order valence-electron chi connectivity index (χ2n) is 5.01. The van der Waals surface area contributed by atoms with Crippen molar-refractivity contribution in [3.05, 3.63) is 68.9 Å². The molecule has 0 atom stereocenters. The third-order valence-corrected chi connectivity index (χ3v) is 4.19. The lowest BCUT2D eigenvalue weighted by Gasteiger charge is -2.08. The van der Waals surface area contributed by atoms with Crippen molar-refractivity contribution in [1.29, 1.82) is 0 Å².